The molecule has 4 heteroatoms. The van der Waals surface area contributed by atoms with Crippen molar-refractivity contribution in [1.29, 1.82) is 0 Å². The van der Waals surface area contributed by atoms with Crippen molar-refractivity contribution in [2.75, 3.05) is 26.8 Å². The van der Waals surface area contributed by atoms with E-state index >= 15 is 0 Å². The zero-order valence-electron chi connectivity index (χ0n) is 10.8. The van der Waals surface area contributed by atoms with Gasteiger partial charge in [-0.1, -0.05) is 0 Å². The van der Waals surface area contributed by atoms with Crippen LogP contribution in [0, 0.1) is 5.41 Å². The molecule has 1 unspecified atom stereocenters. The summed E-state index contributed by atoms with van der Waals surface area (Å²) < 4.78 is 10.6. The molecule has 1 N–H and O–H groups in total. The third kappa shape index (κ3) is 3.46. The highest BCUT2D eigenvalue weighted by Gasteiger charge is 2.34. The lowest BCUT2D eigenvalue weighted by Crippen LogP contribution is -2.47. The standard InChI is InChI=1S/C12H23NO3/c1-11(2,10(14)15-4)9-16-12(3)6-5-7-13-8-12/h13H,5-9H2,1-4H3. The number of carbonyl (C=O) groups is 1. The van der Waals surface area contributed by atoms with E-state index in [0.29, 0.717) is 6.61 Å². The molecular weight excluding hydrogens is 206 g/mol. The van der Waals surface area contributed by atoms with E-state index in [1.165, 1.54) is 7.11 Å². The Morgan fingerprint density at radius 1 is 1.50 bits per heavy atom. The fourth-order valence-electron chi connectivity index (χ4n) is 1.84. The van der Waals surface area contributed by atoms with Crippen LogP contribution in [-0.4, -0.2) is 38.4 Å². The van der Waals surface area contributed by atoms with Crippen molar-refractivity contribution in [2.24, 2.45) is 5.41 Å². The van der Waals surface area contributed by atoms with Crippen LogP contribution in [0.5, 0.6) is 0 Å². The highest BCUT2D eigenvalue weighted by molar-refractivity contribution is 5.75. The maximum atomic E-state index is 11.5. The van der Waals surface area contributed by atoms with Crippen LogP contribution in [0.15, 0.2) is 0 Å². The first-order valence-electron chi connectivity index (χ1n) is 5.83. The third-order valence-electron chi connectivity index (χ3n) is 3.08. The molecule has 0 spiro atoms. The van der Waals surface area contributed by atoms with Gasteiger partial charge < -0.3 is 14.8 Å². The van der Waals surface area contributed by atoms with E-state index in [4.69, 9.17) is 9.47 Å². The molecule has 0 bridgehead atoms. The number of piperidine rings is 1. The molecular formula is C12H23NO3. The molecule has 0 radical (unpaired) electrons. The van der Waals surface area contributed by atoms with Gasteiger partial charge in [0.1, 0.15) is 0 Å². The summed E-state index contributed by atoms with van der Waals surface area (Å²) in [5.74, 6) is -0.222. The number of nitrogens with one attached hydrogen (secondary N) is 1. The monoisotopic (exact) mass is 229 g/mol. The fraction of sp³-hybridized carbons (Fsp3) is 0.917. The lowest BCUT2D eigenvalue weighted by Gasteiger charge is -2.36. The highest BCUT2D eigenvalue weighted by atomic mass is 16.5. The molecule has 0 aliphatic carbocycles. The second-order valence-electron chi connectivity index (χ2n) is 5.39. The van der Waals surface area contributed by atoms with Gasteiger partial charge in [-0.2, -0.15) is 0 Å². The van der Waals surface area contributed by atoms with E-state index in [1.54, 1.807) is 0 Å². The largest absolute Gasteiger partial charge is 0.469 e. The molecule has 1 heterocycles. The van der Waals surface area contributed by atoms with Gasteiger partial charge in [0.25, 0.3) is 0 Å². The van der Waals surface area contributed by atoms with Crippen LogP contribution >= 0.6 is 0 Å². The Hall–Kier alpha value is -0.610. The summed E-state index contributed by atoms with van der Waals surface area (Å²) in [4.78, 5) is 11.5. The molecule has 0 aromatic carbocycles. The second-order valence-corrected chi connectivity index (χ2v) is 5.39. The summed E-state index contributed by atoms with van der Waals surface area (Å²) >= 11 is 0. The van der Waals surface area contributed by atoms with E-state index in [9.17, 15) is 4.79 Å². The molecule has 4 nitrogen and oxygen atoms in total. The maximum Gasteiger partial charge on any atom is 0.313 e. The van der Waals surface area contributed by atoms with E-state index in [0.717, 1.165) is 25.9 Å². The maximum absolute atomic E-state index is 11.5. The Morgan fingerprint density at radius 3 is 2.69 bits per heavy atom. The smallest absolute Gasteiger partial charge is 0.313 e. The lowest BCUT2D eigenvalue weighted by molar-refractivity contribution is -0.159. The minimum Gasteiger partial charge on any atom is -0.469 e. The Balaban J connectivity index is 2.46. The average Bonchev–Trinajstić information content (AvgIpc) is 2.27. The minimum atomic E-state index is -0.574. The van der Waals surface area contributed by atoms with Crippen LogP contribution in [-0.2, 0) is 14.3 Å². The van der Waals surface area contributed by atoms with Gasteiger partial charge in [0.05, 0.1) is 24.7 Å². The number of methoxy groups -OCH3 is 1. The van der Waals surface area contributed by atoms with Crippen molar-refractivity contribution >= 4 is 5.97 Å². The molecule has 0 aromatic heterocycles. The van der Waals surface area contributed by atoms with Gasteiger partial charge in [-0.25, -0.2) is 0 Å². The van der Waals surface area contributed by atoms with Crippen molar-refractivity contribution in [3.8, 4) is 0 Å². The summed E-state index contributed by atoms with van der Waals surface area (Å²) in [6.45, 7) is 8.09. The van der Waals surface area contributed by atoms with E-state index < -0.39 is 5.41 Å². The van der Waals surface area contributed by atoms with Crippen molar-refractivity contribution < 1.29 is 14.3 Å². The lowest BCUT2D eigenvalue weighted by atomic mass is 9.92. The van der Waals surface area contributed by atoms with Crippen LogP contribution in [0.3, 0.4) is 0 Å². The zero-order valence-corrected chi connectivity index (χ0v) is 10.8. The number of hydrogen-bond donors (Lipinski definition) is 1. The predicted molar refractivity (Wildman–Crippen MR) is 62.3 cm³/mol. The van der Waals surface area contributed by atoms with Gasteiger partial charge in [-0.15, -0.1) is 0 Å². The first-order valence-corrected chi connectivity index (χ1v) is 5.83. The topological polar surface area (TPSA) is 47.6 Å². The first kappa shape index (κ1) is 13.5. The van der Waals surface area contributed by atoms with E-state index in [-0.39, 0.29) is 11.6 Å². The van der Waals surface area contributed by atoms with Crippen molar-refractivity contribution in [3.63, 3.8) is 0 Å². The van der Waals surface area contributed by atoms with Crippen LogP contribution in [0.2, 0.25) is 0 Å². The Bertz CT molecular complexity index is 245. The Kier molecular flexibility index (Phi) is 4.33. The fourth-order valence-corrected chi connectivity index (χ4v) is 1.84. The summed E-state index contributed by atoms with van der Waals surface area (Å²) in [6, 6.07) is 0. The number of carbonyl (C=O) groups excluding carboxylic acids is 1. The predicted octanol–water partition coefficient (Wildman–Crippen LogP) is 1.34. The van der Waals surface area contributed by atoms with Gasteiger partial charge in [0.2, 0.25) is 0 Å². The number of esters is 1. The molecule has 1 aliphatic rings. The normalized spacial score (nSPS) is 26.5. The van der Waals surface area contributed by atoms with Crippen LogP contribution in [0.4, 0.5) is 0 Å². The summed E-state index contributed by atoms with van der Waals surface area (Å²) in [6.07, 6.45) is 2.16. The Labute approximate surface area is 97.7 Å². The molecule has 0 aromatic rings. The van der Waals surface area contributed by atoms with Crippen molar-refractivity contribution in [2.45, 2.75) is 39.2 Å². The molecule has 0 saturated carbocycles. The van der Waals surface area contributed by atoms with Crippen molar-refractivity contribution in [3.05, 3.63) is 0 Å². The summed E-state index contributed by atoms with van der Waals surface area (Å²) in [5.41, 5.74) is -0.723. The van der Waals surface area contributed by atoms with Crippen LogP contribution in [0.1, 0.15) is 33.6 Å². The second kappa shape index (κ2) is 5.15. The van der Waals surface area contributed by atoms with Crippen LogP contribution < -0.4 is 5.32 Å². The van der Waals surface area contributed by atoms with Gasteiger partial charge in [0, 0.05) is 6.54 Å². The summed E-state index contributed by atoms with van der Waals surface area (Å²) in [7, 11) is 1.41. The quantitative estimate of drug-likeness (QED) is 0.739. The minimum absolute atomic E-state index is 0.149. The first-order chi connectivity index (χ1) is 7.40. The van der Waals surface area contributed by atoms with Gasteiger partial charge in [-0.3, -0.25) is 4.79 Å². The van der Waals surface area contributed by atoms with Gasteiger partial charge in [-0.05, 0) is 40.2 Å². The molecule has 1 fully saturated rings. The average molecular weight is 229 g/mol. The highest BCUT2D eigenvalue weighted by Crippen LogP contribution is 2.25. The zero-order chi connectivity index (χ0) is 12.2. The SMILES string of the molecule is COC(=O)C(C)(C)COC1(C)CCCNC1. The molecule has 94 valence electrons. The van der Waals surface area contributed by atoms with Gasteiger partial charge in [0.15, 0.2) is 0 Å². The van der Waals surface area contributed by atoms with E-state index in [1.807, 2.05) is 13.8 Å². The number of rotatable bonds is 4. The van der Waals surface area contributed by atoms with Gasteiger partial charge >= 0.3 is 5.97 Å². The molecule has 1 aliphatic heterocycles. The number of hydrogen-bond acceptors (Lipinski definition) is 4. The van der Waals surface area contributed by atoms with Crippen molar-refractivity contribution in [1.82, 2.24) is 5.32 Å². The molecule has 1 atom stereocenters. The molecule has 0 amide bonds. The number of ether oxygens (including phenoxy) is 2. The van der Waals surface area contributed by atoms with Crippen LogP contribution in [0.25, 0.3) is 0 Å². The molecule has 1 saturated heterocycles. The Morgan fingerprint density at radius 2 is 2.19 bits per heavy atom. The van der Waals surface area contributed by atoms with E-state index in [2.05, 4.69) is 12.2 Å². The molecule has 16 heavy (non-hydrogen) atoms. The molecule has 1 rings (SSSR count). The third-order valence-corrected chi connectivity index (χ3v) is 3.08. The summed E-state index contributed by atoms with van der Waals surface area (Å²) in [5, 5.41) is 3.31.